The van der Waals surface area contributed by atoms with Crippen molar-refractivity contribution in [3.05, 3.63) is 54.6 Å². The van der Waals surface area contributed by atoms with Crippen LogP contribution in [0.25, 0.3) is 11.1 Å². The smallest absolute Gasteiger partial charge is 0.411 e. The second-order valence-corrected chi connectivity index (χ2v) is 5.64. The van der Waals surface area contributed by atoms with Gasteiger partial charge in [-0.15, -0.1) is 0 Å². The molecule has 3 rings (SSSR count). The monoisotopic (exact) mass is 296 g/mol. The molecule has 1 aliphatic rings. The van der Waals surface area contributed by atoms with Crippen LogP contribution in [0.5, 0.6) is 0 Å². The van der Waals surface area contributed by atoms with Crippen LogP contribution in [0.4, 0.5) is 10.5 Å². The number of para-hydroxylation sites is 1. The first kappa shape index (κ1) is 14.6. The van der Waals surface area contributed by atoms with E-state index in [1.807, 2.05) is 54.6 Å². The molecular weight excluding hydrogens is 276 g/mol. The topological polar surface area (TPSA) is 52.6 Å². The minimum absolute atomic E-state index is 0.375. The quantitative estimate of drug-likeness (QED) is 0.908. The summed E-state index contributed by atoms with van der Waals surface area (Å²) < 4.78 is 0. The maximum Gasteiger partial charge on any atom is 0.411 e. The average molecular weight is 296 g/mol. The Labute approximate surface area is 130 Å². The number of benzene rings is 2. The summed E-state index contributed by atoms with van der Waals surface area (Å²) in [4.78, 5) is 13.3. The predicted molar refractivity (Wildman–Crippen MR) is 88.2 cm³/mol. The third-order valence-electron chi connectivity index (χ3n) is 4.11. The van der Waals surface area contributed by atoms with Crippen LogP contribution in [-0.2, 0) is 0 Å². The summed E-state index contributed by atoms with van der Waals surface area (Å²) in [5, 5.41) is 13.0. The number of anilines is 1. The predicted octanol–water partition coefficient (Wildman–Crippen LogP) is 3.45. The van der Waals surface area contributed by atoms with Gasteiger partial charge in [0.05, 0.1) is 5.69 Å². The van der Waals surface area contributed by atoms with Crippen molar-refractivity contribution in [1.82, 2.24) is 5.32 Å². The van der Waals surface area contributed by atoms with Gasteiger partial charge in [0.2, 0.25) is 0 Å². The lowest BCUT2D eigenvalue weighted by molar-refractivity contribution is 0.200. The van der Waals surface area contributed by atoms with Gasteiger partial charge < -0.3 is 10.4 Å². The number of hydrogen-bond donors (Lipinski definition) is 2. The molecule has 0 unspecified atom stereocenters. The van der Waals surface area contributed by atoms with Gasteiger partial charge in [-0.2, -0.15) is 0 Å². The number of hydrogen-bond acceptors (Lipinski definition) is 2. The van der Waals surface area contributed by atoms with Gasteiger partial charge in [-0.05, 0) is 37.1 Å². The molecule has 2 N–H and O–H groups in total. The summed E-state index contributed by atoms with van der Waals surface area (Å²) in [5.74, 6) is 0.375. The maximum absolute atomic E-state index is 11.8. The highest BCUT2D eigenvalue weighted by Crippen LogP contribution is 2.31. The fourth-order valence-electron chi connectivity index (χ4n) is 2.98. The molecule has 1 atom stereocenters. The average Bonchev–Trinajstić information content (AvgIpc) is 3.06. The Hall–Kier alpha value is -2.33. The van der Waals surface area contributed by atoms with Crippen molar-refractivity contribution < 1.29 is 9.90 Å². The molecule has 4 nitrogen and oxygen atoms in total. The molecule has 1 saturated heterocycles. The summed E-state index contributed by atoms with van der Waals surface area (Å²) >= 11 is 0. The van der Waals surface area contributed by atoms with E-state index in [-0.39, 0.29) is 0 Å². The van der Waals surface area contributed by atoms with E-state index < -0.39 is 6.09 Å². The summed E-state index contributed by atoms with van der Waals surface area (Å²) in [6.07, 6.45) is 0.132. The Kier molecular flexibility index (Phi) is 4.39. The van der Waals surface area contributed by atoms with Crippen LogP contribution in [0.1, 0.15) is 6.42 Å². The summed E-state index contributed by atoms with van der Waals surface area (Å²) in [5.41, 5.74) is 2.75. The minimum atomic E-state index is -0.893. The van der Waals surface area contributed by atoms with Crippen LogP contribution in [0.15, 0.2) is 54.6 Å². The zero-order chi connectivity index (χ0) is 15.4. The third kappa shape index (κ3) is 3.12. The lowest BCUT2D eigenvalue weighted by atomic mass is 10.0. The highest BCUT2D eigenvalue weighted by molar-refractivity contribution is 5.92. The van der Waals surface area contributed by atoms with Crippen LogP contribution < -0.4 is 10.2 Å². The lowest BCUT2D eigenvalue weighted by Gasteiger charge is -2.25. The van der Waals surface area contributed by atoms with Crippen molar-refractivity contribution >= 4 is 11.8 Å². The van der Waals surface area contributed by atoms with Gasteiger partial charge in [-0.3, -0.25) is 4.90 Å². The van der Waals surface area contributed by atoms with Crippen LogP contribution in [0, 0.1) is 5.92 Å². The van der Waals surface area contributed by atoms with Crippen molar-refractivity contribution in [2.24, 2.45) is 5.92 Å². The van der Waals surface area contributed by atoms with Crippen molar-refractivity contribution in [1.29, 1.82) is 0 Å². The Bertz CT molecular complexity index is 637. The van der Waals surface area contributed by atoms with Crippen molar-refractivity contribution in [2.45, 2.75) is 6.42 Å². The molecular formula is C18H20N2O2. The molecule has 1 amide bonds. The highest BCUT2D eigenvalue weighted by atomic mass is 16.4. The molecule has 0 aliphatic carbocycles. The standard InChI is InChI=1S/C18H20N2O2/c21-18(22)20(13-14-10-11-19-12-14)17-9-5-4-8-16(17)15-6-2-1-3-7-15/h1-9,14,19H,10-13H2,(H,21,22)/t14-/m0/s1. The number of rotatable bonds is 4. The number of amides is 1. The molecule has 0 spiro atoms. The Morgan fingerprint density at radius 3 is 2.55 bits per heavy atom. The molecule has 0 saturated carbocycles. The molecule has 1 heterocycles. The minimum Gasteiger partial charge on any atom is -0.465 e. The second kappa shape index (κ2) is 6.62. The van der Waals surface area contributed by atoms with Crippen LogP contribution in [0.3, 0.4) is 0 Å². The van der Waals surface area contributed by atoms with E-state index in [0.29, 0.717) is 12.5 Å². The van der Waals surface area contributed by atoms with Gasteiger partial charge in [-0.25, -0.2) is 4.79 Å². The van der Waals surface area contributed by atoms with E-state index >= 15 is 0 Å². The summed E-state index contributed by atoms with van der Waals surface area (Å²) in [6.45, 7) is 2.39. The number of nitrogens with zero attached hydrogens (tertiary/aromatic N) is 1. The number of nitrogens with one attached hydrogen (secondary N) is 1. The fraction of sp³-hybridized carbons (Fsp3) is 0.278. The van der Waals surface area contributed by atoms with E-state index in [4.69, 9.17) is 0 Å². The van der Waals surface area contributed by atoms with E-state index in [0.717, 1.165) is 36.3 Å². The van der Waals surface area contributed by atoms with Gasteiger partial charge in [0.1, 0.15) is 0 Å². The van der Waals surface area contributed by atoms with Gasteiger partial charge in [0.25, 0.3) is 0 Å². The first-order chi connectivity index (χ1) is 10.8. The normalized spacial score (nSPS) is 17.4. The van der Waals surface area contributed by atoms with E-state index in [9.17, 15) is 9.90 Å². The number of carbonyl (C=O) groups is 1. The van der Waals surface area contributed by atoms with Gasteiger partial charge in [-0.1, -0.05) is 48.5 Å². The molecule has 22 heavy (non-hydrogen) atoms. The first-order valence-corrected chi connectivity index (χ1v) is 7.61. The first-order valence-electron chi connectivity index (χ1n) is 7.61. The van der Waals surface area contributed by atoms with Crippen molar-refractivity contribution in [3.63, 3.8) is 0 Å². The summed E-state index contributed by atoms with van der Waals surface area (Å²) in [6, 6.07) is 17.6. The largest absolute Gasteiger partial charge is 0.465 e. The SMILES string of the molecule is O=C(O)N(C[C@H]1CCNC1)c1ccccc1-c1ccccc1. The molecule has 4 heteroatoms. The molecule has 2 aromatic carbocycles. The van der Waals surface area contributed by atoms with Crippen molar-refractivity contribution in [2.75, 3.05) is 24.5 Å². The van der Waals surface area contributed by atoms with E-state index in [1.54, 1.807) is 0 Å². The Morgan fingerprint density at radius 2 is 1.86 bits per heavy atom. The van der Waals surface area contributed by atoms with Gasteiger partial charge in [0, 0.05) is 12.1 Å². The highest BCUT2D eigenvalue weighted by Gasteiger charge is 2.24. The zero-order valence-corrected chi connectivity index (χ0v) is 12.4. The maximum atomic E-state index is 11.8. The van der Waals surface area contributed by atoms with Crippen molar-refractivity contribution in [3.8, 4) is 11.1 Å². The lowest BCUT2D eigenvalue weighted by Crippen LogP contribution is -2.35. The fourth-order valence-corrected chi connectivity index (χ4v) is 2.98. The Balaban J connectivity index is 1.95. The van der Waals surface area contributed by atoms with E-state index in [2.05, 4.69) is 5.32 Å². The Morgan fingerprint density at radius 1 is 1.14 bits per heavy atom. The van der Waals surface area contributed by atoms with Gasteiger partial charge in [0.15, 0.2) is 0 Å². The van der Waals surface area contributed by atoms with Crippen LogP contribution in [0.2, 0.25) is 0 Å². The van der Waals surface area contributed by atoms with Crippen LogP contribution >= 0.6 is 0 Å². The van der Waals surface area contributed by atoms with Crippen LogP contribution in [-0.4, -0.2) is 30.8 Å². The molecule has 0 bridgehead atoms. The molecule has 0 radical (unpaired) electrons. The van der Waals surface area contributed by atoms with E-state index in [1.165, 1.54) is 4.90 Å². The molecule has 1 fully saturated rings. The summed E-state index contributed by atoms with van der Waals surface area (Å²) in [7, 11) is 0. The van der Waals surface area contributed by atoms with Gasteiger partial charge >= 0.3 is 6.09 Å². The zero-order valence-electron chi connectivity index (χ0n) is 12.4. The molecule has 2 aromatic rings. The molecule has 1 aliphatic heterocycles. The number of carboxylic acid groups (broad SMARTS) is 1. The molecule has 0 aromatic heterocycles. The second-order valence-electron chi connectivity index (χ2n) is 5.64. The molecule has 114 valence electrons. The third-order valence-corrected chi connectivity index (χ3v) is 4.11.